The Kier molecular flexibility index (Phi) is 4.53. The second-order valence-electron chi connectivity index (χ2n) is 4.33. The van der Waals surface area contributed by atoms with E-state index in [1.165, 1.54) is 11.1 Å². The molecule has 0 radical (unpaired) electrons. The Morgan fingerprint density at radius 2 is 2.06 bits per heavy atom. The van der Waals surface area contributed by atoms with E-state index in [0.29, 0.717) is 18.9 Å². The summed E-state index contributed by atoms with van der Waals surface area (Å²) in [4.78, 5) is 11.3. The van der Waals surface area contributed by atoms with Crippen LogP contribution in [0.25, 0.3) is 0 Å². The van der Waals surface area contributed by atoms with Gasteiger partial charge in [-0.15, -0.1) is 0 Å². The molecule has 16 heavy (non-hydrogen) atoms. The quantitative estimate of drug-likeness (QED) is 0.728. The summed E-state index contributed by atoms with van der Waals surface area (Å²) in [5, 5.41) is 0. The van der Waals surface area contributed by atoms with Gasteiger partial charge in [0, 0.05) is 0 Å². The fraction of sp³-hybridized carbons (Fsp3) is 0.500. The molecule has 0 aliphatic heterocycles. The normalized spacial score (nSPS) is 10.6. The van der Waals surface area contributed by atoms with Crippen LogP contribution < -0.4 is 0 Å². The second kappa shape index (κ2) is 5.69. The Balaban J connectivity index is 2.77. The van der Waals surface area contributed by atoms with Gasteiger partial charge in [0.2, 0.25) is 0 Å². The van der Waals surface area contributed by atoms with Crippen LogP contribution in [-0.2, 0) is 16.0 Å². The van der Waals surface area contributed by atoms with Crippen LogP contribution in [-0.4, -0.2) is 12.6 Å². The van der Waals surface area contributed by atoms with E-state index < -0.39 is 0 Å². The lowest BCUT2D eigenvalue weighted by atomic mass is 9.95. The molecule has 0 aliphatic carbocycles. The number of hydrogen-bond acceptors (Lipinski definition) is 2. The van der Waals surface area contributed by atoms with Gasteiger partial charge in [-0.2, -0.15) is 0 Å². The van der Waals surface area contributed by atoms with Gasteiger partial charge in [-0.25, -0.2) is 0 Å². The summed E-state index contributed by atoms with van der Waals surface area (Å²) in [5.74, 6) is 0.371. The van der Waals surface area contributed by atoms with E-state index >= 15 is 0 Å². The average molecular weight is 220 g/mol. The van der Waals surface area contributed by atoms with Gasteiger partial charge in [-0.3, -0.25) is 4.79 Å². The molecule has 0 N–H and O–H groups in total. The summed E-state index contributed by atoms with van der Waals surface area (Å²) in [5.41, 5.74) is 3.62. The predicted octanol–water partition coefficient (Wildman–Crippen LogP) is 3.22. The van der Waals surface area contributed by atoms with E-state index in [9.17, 15) is 4.79 Å². The Labute approximate surface area is 97.6 Å². The van der Waals surface area contributed by atoms with Gasteiger partial charge in [0.05, 0.1) is 13.0 Å². The Hall–Kier alpha value is -1.31. The largest absolute Gasteiger partial charge is 0.466 e. The third kappa shape index (κ3) is 3.37. The van der Waals surface area contributed by atoms with E-state index in [-0.39, 0.29) is 5.97 Å². The third-order valence-electron chi connectivity index (χ3n) is 2.61. The Bertz CT molecular complexity index is 367. The van der Waals surface area contributed by atoms with E-state index in [0.717, 1.165) is 5.56 Å². The van der Waals surface area contributed by atoms with Crippen molar-refractivity contribution in [2.75, 3.05) is 6.61 Å². The first-order valence-electron chi connectivity index (χ1n) is 5.79. The molecule has 0 fully saturated rings. The first-order valence-corrected chi connectivity index (χ1v) is 5.79. The van der Waals surface area contributed by atoms with Crippen molar-refractivity contribution < 1.29 is 9.53 Å². The lowest BCUT2D eigenvalue weighted by molar-refractivity contribution is -0.142. The van der Waals surface area contributed by atoms with Crippen LogP contribution in [0, 0.1) is 6.92 Å². The molecule has 1 aromatic carbocycles. The highest BCUT2D eigenvalue weighted by molar-refractivity contribution is 5.72. The van der Waals surface area contributed by atoms with Crippen LogP contribution in [0.3, 0.4) is 0 Å². The van der Waals surface area contributed by atoms with Gasteiger partial charge in [-0.05, 0) is 36.5 Å². The fourth-order valence-corrected chi connectivity index (χ4v) is 1.87. The number of rotatable bonds is 4. The molecule has 88 valence electrons. The summed E-state index contributed by atoms with van der Waals surface area (Å²) in [6.45, 7) is 8.71. The first-order chi connectivity index (χ1) is 7.54. The molecular formula is C14H20O2. The van der Waals surface area contributed by atoms with Crippen molar-refractivity contribution in [2.24, 2.45) is 0 Å². The molecule has 0 amide bonds. The molecule has 0 heterocycles. The molecular weight excluding hydrogens is 200 g/mol. The zero-order valence-corrected chi connectivity index (χ0v) is 10.5. The van der Waals surface area contributed by atoms with Crippen LogP contribution in [0.15, 0.2) is 18.2 Å². The number of aryl methyl sites for hydroxylation is 1. The maximum absolute atomic E-state index is 11.3. The minimum Gasteiger partial charge on any atom is -0.466 e. The van der Waals surface area contributed by atoms with Gasteiger partial charge in [0.1, 0.15) is 0 Å². The van der Waals surface area contributed by atoms with Crippen molar-refractivity contribution in [3.8, 4) is 0 Å². The van der Waals surface area contributed by atoms with Crippen molar-refractivity contribution in [3.63, 3.8) is 0 Å². The van der Waals surface area contributed by atoms with Gasteiger partial charge >= 0.3 is 5.97 Å². The summed E-state index contributed by atoms with van der Waals surface area (Å²) in [7, 11) is 0. The molecule has 2 heteroatoms. The standard InChI is InChI=1S/C14H20O2/c1-5-16-14(15)9-12-6-7-13(10(2)3)11(4)8-12/h6-8,10H,5,9H2,1-4H3. The molecule has 2 nitrogen and oxygen atoms in total. The number of ether oxygens (including phenoxy) is 1. The zero-order valence-electron chi connectivity index (χ0n) is 10.5. The zero-order chi connectivity index (χ0) is 12.1. The smallest absolute Gasteiger partial charge is 0.310 e. The highest BCUT2D eigenvalue weighted by Gasteiger charge is 2.07. The molecule has 1 rings (SSSR count). The Morgan fingerprint density at radius 1 is 1.38 bits per heavy atom. The van der Waals surface area contributed by atoms with Crippen LogP contribution >= 0.6 is 0 Å². The molecule has 0 aromatic heterocycles. The number of esters is 1. The lowest BCUT2D eigenvalue weighted by Gasteiger charge is -2.11. The van der Waals surface area contributed by atoms with Crippen molar-refractivity contribution >= 4 is 5.97 Å². The maximum atomic E-state index is 11.3. The number of carbonyl (C=O) groups is 1. The molecule has 0 atom stereocenters. The van der Waals surface area contributed by atoms with Crippen LogP contribution in [0.1, 0.15) is 43.4 Å². The highest BCUT2D eigenvalue weighted by atomic mass is 16.5. The van der Waals surface area contributed by atoms with Gasteiger partial charge < -0.3 is 4.74 Å². The lowest BCUT2D eigenvalue weighted by Crippen LogP contribution is -2.08. The molecule has 0 unspecified atom stereocenters. The third-order valence-corrected chi connectivity index (χ3v) is 2.61. The molecule has 1 aromatic rings. The molecule has 0 aliphatic rings. The second-order valence-corrected chi connectivity index (χ2v) is 4.33. The minimum atomic E-state index is -0.154. The summed E-state index contributed by atoms with van der Waals surface area (Å²) < 4.78 is 4.92. The fourth-order valence-electron chi connectivity index (χ4n) is 1.87. The summed E-state index contributed by atoms with van der Waals surface area (Å²) >= 11 is 0. The van der Waals surface area contributed by atoms with Gasteiger partial charge in [0.25, 0.3) is 0 Å². The topological polar surface area (TPSA) is 26.3 Å². The average Bonchev–Trinajstić information content (AvgIpc) is 2.17. The van der Waals surface area contributed by atoms with Crippen molar-refractivity contribution in [1.29, 1.82) is 0 Å². The number of carbonyl (C=O) groups excluding carboxylic acids is 1. The van der Waals surface area contributed by atoms with Crippen molar-refractivity contribution in [1.82, 2.24) is 0 Å². The van der Waals surface area contributed by atoms with Crippen LogP contribution in [0.2, 0.25) is 0 Å². The number of hydrogen-bond donors (Lipinski definition) is 0. The molecule has 0 bridgehead atoms. The van der Waals surface area contributed by atoms with Gasteiger partial charge in [0.15, 0.2) is 0 Å². The maximum Gasteiger partial charge on any atom is 0.310 e. The van der Waals surface area contributed by atoms with E-state index in [1.54, 1.807) is 0 Å². The molecule has 0 saturated carbocycles. The summed E-state index contributed by atoms with van der Waals surface area (Å²) in [6.07, 6.45) is 0.368. The predicted molar refractivity (Wildman–Crippen MR) is 65.6 cm³/mol. The molecule has 0 spiro atoms. The monoisotopic (exact) mass is 220 g/mol. The van der Waals surface area contributed by atoms with E-state index in [1.807, 2.05) is 13.0 Å². The van der Waals surface area contributed by atoms with Gasteiger partial charge in [-0.1, -0.05) is 32.0 Å². The number of benzene rings is 1. The minimum absolute atomic E-state index is 0.154. The highest BCUT2D eigenvalue weighted by Crippen LogP contribution is 2.20. The Morgan fingerprint density at radius 3 is 2.56 bits per heavy atom. The van der Waals surface area contributed by atoms with Crippen LogP contribution in [0.5, 0.6) is 0 Å². The van der Waals surface area contributed by atoms with Crippen molar-refractivity contribution in [3.05, 3.63) is 34.9 Å². The van der Waals surface area contributed by atoms with E-state index in [4.69, 9.17) is 4.74 Å². The van der Waals surface area contributed by atoms with Crippen molar-refractivity contribution in [2.45, 2.75) is 40.0 Å². The summed E-state index contributed by atoms with van der Waals surface area (Å²) in [6, 6.07) is 6.19. The van der Waals surface area contributed by atoms with E-state index in [2.05, 4.69) is 32.9 Å². The molecule has 0 saturated heterocycles. The van der Waals surface area contributed by atoms with Crippen LogP contribution in [0.4, 0.5) is 0 Å². The SMILES string of the molecule is CCOC(=O)Cc1ccc(C(C)C)c(C)c1. The first kappa shape index (κ1) is 12.8.